The molecule has 0 bridgehead atoms. The summed E-state index contributed by atoms with van der Waals surface area (Å²) < 4.78 is 17.0. The first-order valence-electron chi connectivity index (χ1n) is 11.7. The van der Waals surface area contributed by atoms with E-state index in [0.717, 1.165) is 5.56 Å². The fraction of sp³-hybridized carbons (Fsp3) is 0.241. The Morgan fingerprint density at radius 1 is 1.03 bits per heavy atom. The fourth-order valence-corrected chi connectivity index (χ4v) is 4.14. The topological polar surface area (TPSA) is 115 Å². The van der Waals surface area contributed by atoms with E-state index in [9.17, 15) is 19.6 Å². The highest BCUT2D eigenvalue weighted by Gasteiger charge is 2.60. The van der Waals surface area contributed by atoms with Gasteiger partial charge in [0.05, 0.1) is 17.2 Å². The Bertz CT molecular complexity index is 1360. The van der Waals surface area contributed by atoms with E-state index in [1.807, 2.05) is 36.4 Å². The first kappa shape index (κ1) is 25.5. The second-order valence-corrected chi connectivity index (χ2v) is 9.55. The van der Waals surface area contributed by atoms with Gasteiger partial charge >= 0.3 is 18.0 Å². The van der Waals surface area contributed by atoms with Crippen molar-refractivity contribution in [3.05, 3.63) is 107 Å². The van der Waals surface area contributed by atoms with E-state index in [1.54, 1.807) is 51.1 Å². The summed E-state index contributed by atoms with van der Waals surface area (Å²) in [5.74, 6) is -1.66. The molecule has 1 aliphatic rings. The van der Waals surface area contributed by atoms with Gasteiger partial charge < -0.3 is 19.5 Å². The van der Waals surface area contributed by atoms with Crippen molar-refractivity contribution < 1.29 is 28.6 Å². The van der Waals surface area contributed by atoms with Crippen molar-refractivity contribution in [3.8, 4) is 6.07 Å². The van der Waals surface area contributed by atoms with E-state index < -0.39 is 35.3 Å². The SMILES string of the molecule is CC(C)(C)OC(=O)[C@@]1([C@@H](NC(=O)OCc2ccccc2)c2ccccc2)OC(=O)c2ccc(C#N)cc21. The van der Waals surface area contributed by atoms with Crippen LogP contribution in [-0.2, 0) is 31.2 Å². The van der Waals surface area contributed by atoms with E-state index in [2.05, 4.69) is 5.32 Å². The molecule has 1 heterocycles. The Labute approximate surface area is 214 Å². The Hall–Kier alpha value is -4.64. The Kier molecular flexibility index (Phi) is 6.98. The minimum atomic E-state index is -2.11. The van der Waals surface area contributed by atoms with Crippen molar-refractivity contribution in [1.82, 2.24) is 5.32 Å². The van der Waals surface area contributed by atoms with Crippen LogP contribution < -0.4 is 5.32 Å². The molecule has 1 aliphatic heterocycles. The number of amides is 1. The second-order valence-electron chi connectivity index (χ2n) is 9.55. The molecule has 4 rings (SSSR count). The van der Waals surface area contributed by atoms with Gasteiger partial charge in [0.2, 0.25) is 0 Å². The molecule has 0 saturated carbocycles. The molecule has 3 aromatic rings. The standard InChI is InChI=1S/C29H26N2O6/c1-28(2,3)37-26(33)29(23-16-20(17-30)14-15-22(23)25(32)36-29)24(21-12-8-5-9-13-21)31-27(34)35-18-19-10-6-4-7-11-19/h4-16,24H,18H2,1-3H3,(H,31,34)/t24-,29+/m0/s1. The number of carbonyl (C=O) groups is 3. The van der Waals surface area contributed by atoms with Crippen molar-refractivity contribution in [2.75, 3.05) is 0 Å². The highest BCUT2D eigenvalue weighted by molar-refractivity contribution is 6.02. The van der Waals surface area contributed by atoms with Crippen LogP contribution >= 0.6 is 0 Å². The number of rotatable bonds is 6. The van der Waals surface area contributed by atoms with E-state index in [-0.39, 0.29) is 23.3 Å². The highest BCUT2D eigenvalue weighted by atomic mass is 16.6. The molecule has 0 aliphatic carbocycles. The van der Waals surface area contributed by atoms with Gasteiger partial charge in [-0.3, -0.25) is 0 Å². The van der Waals surface area contributed by atoms with Crippen molar-refractivity contribution in [2.24, 2.45) is 0 Å². The zero-order chi connectivity index (χ0) is 26.6. The molecule has 2 atom stereocenters. The van der Waals surface area contributed by atoms with Crippen LogP contribution in [0, 0.1) is 11.3 Å². The predicted molar refractivity (Wildman–Crippen MR) is 133 cm³/mol. The lowest BCUT2D eigenvalue weighted by molar-refractivity contribution is -0.181. The molecule has 0 unspecified atom stereocenters. The molecule has 8 nitrogen and oxygen atoms in total. The third-order valence-corrected chi connectivity index (χ3v) is 5.74. The van der Waals surface area contributed by atoms with Gasteiger partial charge in [-0.15, -0.1) is 0 Å². The highest BCUT2D eigenvalue weighted by Crippen LogP contribution is 2.47. The number of esters is 2. The normalized spacial score (nSPS) is 17.1. The molecule has 0 saturated heterocycles. The zero-order valence-corrected chi connectivity index (χ0v) is 20.7. The molecule has 3 aromatic carbocycles. The van der Waals surface area contributed by atoms with Gasteiger partial charge in [0, 0.05) is 5.56 Å². The van der Waals surface area contributed by atoms with Crippen LogP contribution in [0.15, 0.2) is 78.9 Å². The predicted octanol–water partition coefficient (Wildman–Crippen LogP) is 4.93. The molecule has 0 fully saturated rings. The quantitative estimate of drug-likeness (QED) is 0.378. The molecule has 0 spiro atoms. The molecule has 1 amide bonds. The number of nitriles is 1. The smallest absolute Gasteiger partial charge is 0.408 e. The average Bonchev–Trinajstić information content (AvgIpc) is 3.18. The number of carbonyl (C=O) groups excluding carboxylic acids is 3. The number of hydrogen-bond donors (Lipinski definition) is 1. The van der Waals surface area contributed by atoms with Crippen LogP contribution in [0.2, 0.25) is 0 Å². The summed E-state index contributed by atoms with van der Waals surface area (Å²) in [6.07, 6.45) is -0.832. The minimum absolute atomic E-state index is 0.0113. The summed E-state index contributed by atoms with van der Waals surface area (Å²) in [4.78, 5) is 40.0. The fourth-order valence-electron chi connectivity index (χ4n) is 4.14. The summed E-state index contributed by atoms with van der Waals surface area (Å²) in [5.41, 5.74) is -1.38. The van der Waals surface area contributed by atoms with Crippen LogP contribution in [-0.4, -0.2) is 23.6 Å². The minimum Gasteiger partial charge on any atom is -0.457 e. The van der Waals surface area contributed by atoms with Crippen molar-refractivity contribution in [3.63, 3.8) is 0 Å². The number of nitrogens with zero attached hydrogens (tertiary/aromatic N) is 1. The Morgan fingerprint density at radius 2 is 1.68 bits per heavy atom. The maximum Gasteiger partial charge on any atom is 0.408 e. The summed E-state index contributed by atoms with van der Waals surface area (Å²) in [7, 11) is 0. The van der Waals surface area contributed by atoms with Gasteiger partial charge in [-0.05, 0) is 50.1 Å². The van der Waals surface area contributed by atoms with E-state index >= 15 is 0 Å². The lowest BCUT2D eigenvalue weighted by atomic mass is 9.81. The molecular formula is C29H26N2O6. The van der Waals surface area contributed by atoms with E-state index in [0.29, 0.717) is 5.56 Å². The van der Waals surface area contributed by atoms with E-state index in [1.165, 1.54) is 18.2 Å². The number of ether oxygens (including phenoxy) is 3. The number of alkyl carbamates (subject to hydrolysis) is 1. The molecule has 1 N–H and O–H groups in total. The van der Waals surface area contributed by atoms with E-state index in [4.69, 9.17) is 14.2 Å². The lowest BCUT2D eigenvalue weighted by Gasteiger charge is -2.37. The number of fused-ring (bicyclic) bond motifs is 1. The maximum atomic E-state index is 13.9. The number of hydrogen-bond acceptors (Lipinski definition) is 7. The van der Waals surface area contributed by atoms with Gasteiger partial charge in [0.15, 0.2) is 0 Å². The summed E-state index contributed by atoms with van der Waals surface area (Å²) >= 11 is 0. The van der Waals surface area contributed by atoms with Gasteiger partial charge in [-0.1, -0.05) is 60.7 Å². The third-order valence-electron chi connectivity index (χ3n) is 5.74. The third kappa shape index (κ3) is 5.31. The van der Waals surface area contributed by atoms with Crippen LogP contribution in [0.5, 0.6) is 0 Å². The largest absolute Gasteiger partial charge is 0.457 e. The molecule has 0 aromatic heterocycles. The maximum absolute atomic E-state index is 13.9. The van der Waals surface area contributed by atoms with Crippen LogP contribution in [0.3, 0.4) is 0 Å². The van der Waals surface area contributed by atoms with Gasteiger partial charge in [0.1, 0.15) is 18.2 Å². The summed E-state index contributed by atoms with van der Waals surface area (Å²) in [5, 5.41) is 12.3. The number of nitrogens with one attached hydrogen (secondary N) is 1. The van der Waals surface area contributed by atoms with Crippen molar-refractivity contribution >= 4 is 18.0 Å². The zero-order valence-electron chi connectivity index (χ0n) is 20.7. The van der Waals surface area contributed by atoms with Crippen LogP contribution in [0.25, 0.3) is 0 Å². The average molecular weight is 499 g/mol. The molecular weight excluding hydrogens is 472 g/mol. The first-order valence-corrected chi connectivity index (χ1v) is 11.7. The lowest BCUT2D eigenvalue weighted by Crippen LogP contribution is -2.52. The van der Waals surface area contributed by atoms with Crippen LogP contribution in [0.4, 0.5) is 4.79 Å². The number of benzene rings is 3. The molecule has 0 radical (unpaired) electrons. The monoisotopic (exact) mass is 498 g/mol. The number of cyclic esters (lactones) is 1. The van der Waals surface area contributed by atoms with Gasteiger partial charge in [0.25, 0.3) is 5.60 Å². The van der Waals surface area contributed by atoms with Gasteiger partial charge in [-0.25, -0.2) is 14.4 Å². The molecule has 188 valence electrons. The van der Waals surface area contributed by atoms with Crippen molar-refractivity contribution in [2.45, 2.75) is 44.6 Å². The Balaban J connectivity index is 1.82. The van der Waals surface area contributed by atoms with Gasteiger partial charge in [-0.2, -0.15) is 5.26 Å². The van der Waals surface area contributed by atoms with Crippen LogP contribution in [0.1, 0.15) is 59.4 Å². The summed E-state index contributed by atoms with van der Waals surface area (Å²) in [6.45, 7) is 5.03. The molecule has 37 heavy (non-hydrogen) atoms. The Morgan fingerprint density at radius 3 is 2.30 bits per heavy atom. The van der Waals surface area contributed by atoms with Crippen molar-refractivity contribution in [1.29, 1.82) is 5.26 Å². The first-order chi connectivity index (χ1) is 17.6. The summed E-state index contributed by atoms with van der Waals surface area (Å²) in [6, 6.07) is 22.8. The molecule has 8 heteroatoms. The second kappa shape index (κ2) is 10.2.